The fraction of sp³-hybridized carbons (Fsp3) is 0.133. The highest BCUT2D eigenvalue weighted by Crippen LogP contribution is 2.23. The van der Waals surface area contributed by atoms with E-state index >= 15 is 0 Å². The van der Waals surface area contributed by atoms with E-state index < -0.39 is 0 Å². The van der Waals surface area contributed by atoms with Gasteiger partial charge in [-0.25, -0.2) is 4.39 Å². The van der Waals surface area contributed by atoms with E-state index in [4.69, 9.17) is 23.2 Å². The fourth-order valence-corrected chi connectivity index (χ4v) is 3.03. The molecule has 2 aromatic carbocycles. The topological polar surface area (TPSA) is 29.1 Å². The molecule has 0 aliphatic carbocycles. The standard InChI is InChI=1S/C15H12Cl2FNOS/c16-11-5-12(17)7-13(6-11)19-15(20)9-21-8-10-3-1-2-4-14(10)18/h1-7H,8-9H2,(H,19,20). The number of benzene rings is 2. The minimum atomic E-state index is -0.257. The van der Waals surface area contributed by atoms with Crippen molar-refractivity contribution < 1.29 is 9.18 Å². The second-order valence-corrected chi connectivity index (χ2v) is 6.15. The lowest BCUT2D eigenvalue weighted by molar-refractivity contribution is -0.113. The molecule has 0 fully saturated rings. The van der Waals surface area contributed by atoms with Crippen molar-refractivity contribution in [3.63, 3.8) is 0 Å². The molecule has 6 heteroatoms. The number of carbonyl (C=O) groups is 1. The van der Waals surface area contributed by atoms with Crippen molar-refractivity contribution in [1.82, 2.24) is 0 Å². The third kappa shape index (κ3) is 5.23. The predicted octanol–water partition coefficient (Wildman–Crippen LogP) is 5.00. The molecule has 0 bridgehead atoms. The molecule has 110 valence electrons. The van der Waals surface area contributed by atoms with Crippen LogP contribution in [0.15, 0.2) is 42.5 Å². The summed E-state index contributed by atoms with van der Waals surface area (Å²) in [5.41, 5.74) is 1.13. The van der Waals surface area contributed by atoms with Crippen LogP contribution >= 0.6 is 35.0 Å². The zero-order valence-corrected chi connectivity index (χ0v) is 13.2. The summed E-state index contributed by atoms with van der Waals surface area (Å²) in [7, 11) is 0. The van der Waals surface area contributed by atoms with E-state index in [9.17, 15) is 9.18 Å². The number of rotatable bonds is 5. The van der Waals surface area contributed by atoms with E-state index in [1.54, 1.807) is 36.4 Å². The highest BCUT2D eigenvalue weighted by atomic mass is 35.5. The third-order valence-electron chi connectivity index (χ3n) is 2.59. The summed E-state index contributed by atoms with van der Waals surface area (Å²) in [6.07, 6.45) is 0. The van der Waals surface area contributed by atoms with Crippen LogP contribution in [0.2, 0.25) is 10.0 Å². The third-order valence-corrected chi connectivity index (χ3v) is 4.01. The summed E-state index contributed by atoms with van der Waals surface area (Å²) in [4.78, 5) is 11.8. The van der Waals surface area contributed by atoms with Crippen LogP contribution in [-0.2, 0) is 10.5 Å². The molecule has 21 heavy (non-hydrogen) atoms. The van der Waals surface area contributed by atoms with E-state index in [1.807, 2.05) is 0 Å². The Bertz CT molecular complexity index is 631. The Morgan fingerprint density at radius 2 is 1.81 bits per heavy atom. The van der Waals surface area contributed by atoms with Crippen molar-refractivity contribution in [2.75, 3.05) is 11.1 Å². The van der Waals surface area contributed by atoms with Gasteiger partial charge in [0.05, 0.1) is 5.75 Å². The number of amides is 1. The van der Waals surface area contributed by atoms with Gasteiger partial charge in [0, 0.05) is 21.5 Å². The Kier molecular flexibility index (Phi) is 5.91. The van der Waals surface area contributed by atoms with Gasteiger partial charge < -0.3 is 5.32 Å². The first-order valence-corrected chi connectivity index (χ1v) is 8.03. The van der Waals surface area contributed by atoms with Gasteiger partial charge in [0.2, 0.25) is 5.91 Å². The molecule has 0 radical (unpaired) electrons. The number of anilines is 1. The number of hydrogen-bond donors (Lipinski definition) is 1. The largest absolute Gasteiger partial charge is 0.325 e. The maximum absolute atomic E-state index is 13.4. The van der Waals surface area contributed by atoms with Gasteiger partial charge in [0.25, 0.3) is 0 Å². The number of thioether (sulfide) groups is 1. The predicted molar refractivity (Wildman–Crippen MR) is 87.7 cm³/mol. The van der Waals surface area contributed by atoms with Crippen molar-refractivity contribution in [1.29, 1.82) is 0 Å². The Labute approximate surface area is 136 Å². The van der Waals surface area contributed by atoms with Gasteiger partial charge >= 0.3 is 0 Å². The average Bonchev–Trinajstić information content (AvgIpc) is 2.39. The van der Waals surface area contributed by atoms with Crippen molar-refractivity contribution in [2.45, 2.75) is 5.75 Å². The lowest BCUT2D eigenvalue weighted by Gasteiger charge is -2.07. The van der Waals surface area contributed by atoms with Crippen molar-refractivity contribution >= 4 is 46.6 Å². The molecule has 0 spiro atoms. The first-order valence-electron chi connectivity index (χ1n) is 6.11. The number of carbonyl (C=O) groups excluding carboxylic acids is 1. The van der Waals surface area contributed by atoms with Gasteiger partial charge in [-0.1, -0.05) is 41.4 Å². The maximum Gasteiger partial charge on any atom is 0.234 e. The van der Waals surface area contributed by atoms with Crippen LogP contribution in [0.5, 0.6) is 0 Å². The molecule has 2 aromatic rings. The summed E-state index contributed by atoms with van der Waals surface area (Å²) in [5.74, 6) is 0.219. The molecule has 0 aliphatic rings. The quantitative estimate of drug-likeness (QED) is 0.827. The lowest BCUT2D eigenvalue weighted by atomic mass is 10.2. The van der Waals surface area contributed by atoms with Gasteiger partial charge in [-0.2, -0.15) is 0 Å². The maximum atomic E-state index is 13.4. The molecule has 0 aliphatic heterocycles. The van der Waals surface area contributed by atoms with Crippen LogP contribution < -0.4 is 5.32 Å². The molecular weight excluding hydrogens is 332 g/mol. The highest BCUT2D eigenvalue weighted by Gasteiger charge is 2.06. The molecule has 0 heterocycles. The Hall–Kier alpha value is -1.23. The van der Waals surface area contributed by atoms with Crippen molar-refractivity contribution in [2.24, 2.45) is 0 Å². The lowest BCUT2D eigenvalue weighted by Crippen LogP contribution is -2.14. The highest BCUT2D eigenvalue weighted by molar-refractivity contribution is 7.99. The van der Waals surface area contributed by atoms with Gasteiger partial charge in [0.1, 0.15) is 5.82 Å². The smallest absolute Gasteiger partial charge is 0.234 e. The van der Waals surface area contributed by atoms with Gasteiger partial charge in [-0.3, -0.25) is 4.79 Å². The molecule has 2 rings (SSSR count). The Morgan fingerprint density at radius 1 is 1.14 bits per heavy atom. The van der Waals surface area contributed by atoms with E-state index in [-0.39, 0.29) is 17.5 Å². The average molecular weight is 344 g/mol. The van der Waals surface area contributed by atoms with E-state index in [0.29, 0.717) is 27.0 Å². The Morgan fingerprint density at radius 3 is 2.48 bits per heavy atom. The molecule has 0 saturated carbocycles. The van der Waals surface area contributed by atoms with Crippen molar-refractivity contribution in [3.05, 3.63) is 63.9 Å². The first-order chi connectivity index (χ1) is 10.0. The van der Waals surface area contributed by atoms with E-state index in [2.05, 4.69) is 5.32 Å². The Balaban J connectivity index is 1.84. The summed E-state index contributed by atoms with van der Waals surface area (Å²) in [6.45, 7) is 0. The number of nitrogens with one attached hydrogen (secondary N) is 1. The van der Waals surface area contributed by atoms with Crippen LogP contribution in [0.1, 0.15) is 5.56 Å². The summed E-state index contributed by atoms with van der Waals surface area (Å²) < 4.78 is 13.4. The van der Waals surface area contributed by atoms with Crippen LogP contribution in [0, 0.1) is 5.82 Å². The molecule has 1 amide bonds. The molecule has 0 unspecified atom stereocenters. The zero-order chi connectivity index (χ0) is 15.2. The van der Waals surface area contributed by atoms with Gasteiger partial charge in [-0.05, 0) is 29.8 Å². The molecule has 0 atom stereocenters. The molecule has 1 N–H and O–H groups in total. The second kappa shape index (κ2) is 7.69. The first kappa shape index (κ1) is 16.1. The van der Waals surface area contributed by atoms with Crippen molar-refractivity contribution in [3.8, 4) is 0 Å². The summed E-state index contributed by atoms with van der Waals surface area (Å²) in [6, 6.07) is 11.3. The van der Waals surface area contributed by atoms with Crippen LogP contribution in [0.3, 0.4) is 0 Å². The minimum absolute atomic E-state index is 0.185. The van der Waals surface area contributed by atoms with Crippen LogP contribution in [0.4, 0.5) is 10.1 Å². The molecule has 0 saturated heterocycles. The second-order valence-electron chi connectivity index (χ2n) is 4.29. The fourth-order valence-electron chi connectivity index (χ4n) is 1.69. The molecular formula is C15H12Cl2FNOS. The van der Waals surface area contributed by atoms with E-state index in [0.717, 1.165) is 0 Å². The van der Waals surface area contributed by atoms with E-state index in [1.165, 1.54) is 17.8 Å². The van der Waals surface area contributed by atoms with Crippen LogP contribution in [-0.4, -0.2) is 11.7 Å². The summed E-state index contributed by atoms with van der Waals surface area (Å²) in [5, 5.41) is 3.61. The van der Waals surface area contributed by atoms with Gasteiger partial charge in [0.15, 0.2) is 0 Å². The SMILES string of the molecule is O=C(CSCc1ccccc1F)Nc1cc(Cl)cc(Cl)c1. The minimum Gasteiger partial charge on any atom is -0.325 e. The monoisotopic (exact) mass is 343 g/mol. The normalized spacial score (nSPS) is 10.4. The number of hydrogen-bond acceptors (Lipinski definition) is 2. The molecule has 2 nitrogen and oxygen atoms in total. The zero-order valence-electron chi connectivity index (χ0n) is 10.9. The van der Waals surface area contributed by atoms with Gasteiger partial charge in [-0.15, -0.1) is 11.8 Å². The number of halogens is 3. The summed E-state index contributed by atoms with van der Waals surface area (Å²) >= 11 is 13.0. The molecule has 0 aromatic heterocycles. The van der Waals surface area contributed by atoms with Crippen LogP contribution in [0.25, 0.3) is 0 Å².